The smallest absolute Gasteiger partial charge is 0.264 e. The SMILES string of the molecule is CCc1cc2cccc(C#Cc3c(C)nn(C)c3C)c2c(=O)n1-c1ccccc1. The second-order valence-electron chi connectivity index (χ2n) is 7.15. The maximum atomic E-state index is 13.6. The van der Waals surface area contributed by atoms with Crippen molar-refractivity contribution in [2.75, 3.05) is 0 Å². The predicted octanol–water partition coefficient (Wildman–Crippen LogP) is 4.30. The fourth-order valence-corrected chi connectivity index (χ4v) is 3.72. The van der Waals surface area contributed by atoms with E-state index in [2.05, 4.69) is 29.9 Å². The number of aromatic nitrogens is 3. The zero-order valence-corrected chi connectivity index (χ0v) is 17.2. The van der Waals surface area contributed by atoms with Gasteiger partial charge in [0.15, 0.2) is 0 Å². The van der Waals surface area contributed by atoms with Crippen LogP contribution in [0, 0.1) is 25.7 Å². The molecular formula is C25H23N3O. The lowest BCUT2D eigenvalue weighted by molar-refractivity contribution is 0.731. The van der Waals surface area contributed by atoms with Gasteiger partial charge in [-0.2, -0.15) is 5.10 Å². The Morgan fingerprint density at radius 2 is 1.76 bits per heavy atom. The predicted molar refractivity (Wildman–Crippen MR) is 118 cm³/mol. The average molecular weight is 381 g/mol. The summed E-state index contributed by atoms with van der Waals surface area (Å²) >= 11 is 0. The van der Waals surface area contributed by atoms with Crippen LogP contribution >= 0.6 is 0 Å². The Morgan fingerprint density at radius 3 is 2.41 bits per heavy atom. The summed E-state index contributed by atoms with van der Waals surface area (Å²) in [5.74, 6) is 6.48. The summed E-state index contributed by atoms with van der Waals surface area (Å²) in [6.45, 7) is 6.02. The first kappa shape index (κ1) is 18.8. The van der Waals surface area contributed by atoms with Crippen LogP contribution in [-0.4, -0.2) is 14.3 Å². The van der Waals surface area contributed by atoms with Gasteiger partial charge in [-0.3, -0.25) is 14.0 Å². The minimum Gasteiger partial charge on any atom is -0.281 e. The zero-order valence-electron chi connectivity index (χ0n) is 17.2. The lowest BCUT2D eigenvalue weighted by atomic mass is 10.0. The van der Waals surface area contributed by atoms with Gasteiger partial charge in [0, 0.05) is 24.0 Å². The minimum atomic E-state index is -0.0323. The van der Waals surface area contributed by atoms with Crippen LogP contribution in [0.1, 0.15) is 35.1 Å². The van der Waals surface area contributed by atoms with Crippen LogP contribution in [0.4, 0.5) is 0 Å². The maximum Gasteiger partial charge on any atom is 0.264 e. The first-order valence-electron chi connectivity index (χ1n) is 9.76. The van der Waals surface area contributed by atoms with Crippen molar-refractivity contribution >= 4 is 10.8 Å². The standard InChI is InChI=1S/C25H23N3O/c1-5-21-16-20-11-9-10-19(14-15-23-17(2)26-27(4)18(23)3)24(20)25(29)28(21)22-12-7-6-8-13-22/h6-13,16H,5H2,1-4H3. The van der Waals surface area contributed by atoms with Crippen molar-refractivity contribution in [1.82, 2.24) is 14.3 Å². The van der Waals surface area contributed by atoms with Crippen LogP contribution < -0.4 is 5.56 Å². The highest BCUT2D eigenvalue weighted by molar-refractivity contribution is 5.88. The minimum absolute atomic E-state index is 0.0323. The zero-order chi connectivity index (χ0) is 20.5. The lowest BCUT2D eigenvalue weighted by Crippen LogP contribution is -2.22. The summed E-state index contributed by atoms with van der Waals surface area (Å²) in [5.41, 5.74) is 5.39. The van der Waals surface area contributed by atoms with Crippen LogP contribution in [0.2, 0.25) is 0 Å². The van der Waals surface area contributed by atoms with E-state index in [4.69, 9.17) is 0 Å². The van der Waals surface area contributed by atoms with E-state index in [1.807, 2.05) is 74.1 Å². The molecule has 0 aliphatic rings. The molecule has 0 aliphatic heterocycles. The van der Waals surface area contributed by atoms with E-state index in [1.165, 1.54) is 0 Å². The second kappa shape index (κ2) is 7.44. The summed E-state index contributed by atoms with van der Waals surface area (Å²) in [6.07, 6.45) is 0.768. The summed E-state index contributed by atoms with van der Waals surface area (Å²) in [7, 11) is 1.91. The van der Waals surface area contributed by atoms with Gasteiger partial charge >= 0.3 is 0 Å². The molecule has 2 aromatic heterocycles. The normalized spacial score (nSPS) is 10.8. The third kappa shape index (κ3) is 3.25. The summed E-state index contributed by atoms with van der Waals surface area (Å²) in [4.78, 5) is 13.6. The Kier molecular flexibility index (Phi) is 4.82. The van der Waals surface area contributed by atoms with Gasteiger partial charge in [0.25, 0.3) is 5.56 Å². The number of aryl methyl sites for hydroxylation is 3. The van der Waals surface area contributed by atoms with E-state index in [9.17, 15) is 4.79 Å². The summed E-state index contributed by atoms with van der Waals surface area (Å²) in [5, 5.41) is 6.00. The fraction of sp³-hybridized carbons (Fsp3) is 0.200. The van der Waals surface area contributed by atoms with Crippen molar-refractivity contribution in [3.05, 3.63) is 93.2 Å². The van der Waals surface area contributed by atoms with Gasteiger partial charge in [-0.15, -0.1) is 0 Å². The molecular weight excluding hydrogens is 358 g/mol. The molecule has 29 heavy (non-hydrogen) atoms. The van der Waals surface area contributed by atoms with Crippen molar-refractivity contribution in [3.63, 3.8) is 0 Å². The quantitative estimate of drug-likeness (QED) is 0.486. The Hall–Kier alpha value is -3.58. The fourth-order valence-electron chi connectivity index (χ4n) is 3.72. The van der Waals surface area contributed by atoms with Crippen LogP contribution in [0.5, 0.6) is 0 Å². The van der Waals surface area contributed by atoms with Crippen LogP contribution in [-0.2, 0) is 13.5 Å². The first-order chi connectivity index (χ1) is 14.0. The Bertz CT molecular complexity index is 1330. The molecule has 0 fully saturated rings. The molecule has 0 amide bonds. The van der Waals surface area contributed by atoms with Gasteiger partial charge in [-0.1, -0.05) is 49.1 Å². The van der Waals surface area contributed by atoms with Gasteiger partial charge in [-0.05, 0) is 49.9 Å². The second-order valence-corrected chi connectivity index (χ2v) is 7.15. The number of hydrogen-bond donors (Lipinski definition) is 0. The molecule has 144 valence electrons. The molecule has 2 heterocycles. The van der Waals surface area contributed by atoms with Gasteiger partial charge < -0.3 is 0 Å². The number of rotatable bonds is 2. The molecule has 0 saturated heterocycles. The van der Waals surface area contributed by atoms with Crippen molar-refractivity contribution in [1.29, 1.82) is 0 Å². The molecule has 0 bridgehead atoms. The highest BCUT2D eigenvalue weighted by Gasteiger charge is 2.13. The van der Waals surface area contributed by atoms with E-state index in [0.717, 1.165) is 45.7 Å². The highest BCUT2D eigenvalue weighted by Crippen LogP contribution is 2.20. The molecule has 0 aliphatic carbocycles. The van der Waals surface area contributed by atoms with E-state index in [-0.39, 0.29) is 5.56 Å². The van der Waals surface area contributed by atoms with Crippen LogP contribution in [0.15, 0.2) is 59.4 Å². The Labute approximate surface area is 170 Å². The third-order valence-corrected chi connectivity index (χ3v) is 5.33. The van der Waals surface area contributed by atoms with E-state index < -0.39 is 0 Å². The van der Waals surface area contributed by atoms with Gasteiger partial charge in [0.1, 0.15) is 0 Å². The van der Waals surface area contributed by atoms with Crippen molar-refractivity contribution in [3.8, 4) is 17.5 Å². The number of hydrogen-bond acceptors (Lipinski definition) is 2. The van der Waals surface area contributed by atoms with E-state index >= 15 is 0 Å². The van der Waals surface area contributed by atoms with Gasteiger partial charge in [-0.25, -0.2) is 0 Å². The van der Waals surface area contributed by atoms with Crippen molar-refractivity contribution in [2.45, 2.75) is 27.2 Å². The van der Waals surface area contributed by atoms with Crippen molar-refractivity contribution in [2.24, 2.45) is 7.05 Å². The largest absolute Gasteiger partial charge is 0.281 e. The molecule has 2 aromatic carbocycles. The number of pyridine rings is 1. The van der Waals surface area contributed by atoms with Crippen LogP contribution in [0.3, 0.4) is 0 Å². The summed E-state index contributed by atoms with van der Waals surface area (Å²) < 4.78 is 3.63. The molecule has 0 unspecified atom stereocenters. The topological polar surface area (TPSA) is 39.8 Å². The average Bonchev–Trinajstić information content (AvgIpc) is 2.97. The third-order valence-electron chi connectivity index (χ3n) is 5.33. The lowest BCUT2D eigenvalue weighted by Gasteiger charge is -2.14. The highest BCUT2D eigenvalue weighted by atomic mass is 16.1. The molecule has 4 aromatic rings. The first-order valence-corrected chi connectivity index (χ1v) is 9.76. The molecule has 0 saturated carbocycles. The van der Waals surface area contributed by atoms with Crippen molar-refractivity contribution < 1.29 is 0 Å². The van der Waals surface area contributed by atoms with E-state index in [0.29, 0.717) is 5.39 Å². The number of benzene rings is 2. The Balaban J connectivity index is 1.98. The number of fused-ring (bicyclic) bond motifs is 1. The Morgan fingerprint density at radius 1 is 1.00 bits per heavy atom. The molecule has 0 N–H and O–H groups in total. The molecule has 0 atom stereocenters. The summed E-state index contributed by atoms with van der Waals surface area (Å²) in [6, 6.07) is 17.7. The van der Waals surface area contributed by atoms with E-state index in [1.54, 1.807) is 4.57 Å². The van der Waals surface area contributed by atoms with Crippen LogP contribution in [0.25, 0.3) is 16.5 Å². The molecule has 4 rings (SSSR count). The number of nitrogens with zero attached hydrogens (tertiary/aromatic N) is 3. The van der Waals surface area contributed by atoms with Gasteiger partial charge in [0.05, 0.1) is 22.3 Å². The molecule has 4 nitrogen and oxygen atoms in total. The molecule has 0 radical (unpaired) electrons. The van der Waals surface area contributed by atoms with Gasteiger partial charge in [0.2, 0.25) is 0 Å². The molecule has 0 spiro atoms. The monoisotopic (exact) mass is 381 g/mol. The maximum absolute atomic E-state index is 13.6. The molecule has 4 heteroatoms. The number of para-hydroxylation sites is 1.